The summed E-state index contributed by atoms with van der Waals surface area (Å²) in [6.45, 7) is 21.0. The van der Waals surface area contributed by atoms with Crippen LogP contribution < -0.4 is 15.1 Å². The molecule has 2 rings (SSSR count). The number of ether oxygens (including phenoxy) is 1. The first-order valence-corrected chi connectivity index (χ1v) is 17.1. The van der Waals surface area contributed by atoms with E-state index in [1.54, 1.807) is 24.3 Å². The topological polar surface area (TPSA) is 95.5 Å². The number of hydrogen-bond donors (Lipinski definition) is 0. The zero-order chi connectivity index (χ0) is 25.6. The third kappa shape index (κ3) is 4.89. The molecule has 180 valence electrons. The Kier molecular flexibility index (Phi) is 7.03. The van der Waals surface area contributed by atoms with E-state index < -0.39 is 16.1 Å². The van der Waals surface area contributed by atoms with Crippen LogP contribution in [0, 0.1) is 20.2 Å². The van der Waals surface area contributed by atoms with Gasteiger partial charge in [-0.15, -0.1) is 0 Å². The second-order valence-corrected chi connectivity index (χ2v) is 22.2. The van der Waals surface area contributed by atoms with Crippen LogP contribution in [0.1, 0.15) is 41.5 Å². The minimum Gasteiger partial charge on any atom is -0.457 e. The summed E-state index contributed by atoms with van der Waals surface area (Å²) in [6, 6.07) is 9.77. The predicted octanol–water partition coefficient (Wildman–Crippen LogP) is 6.73. The second kappa shape index (κ2) is 8.68. The van der Waals surface area contributed by atoms with Gasteiger partial charge in [-0.2, -0.15) is 0 Å². The standard InChI is InChI=1S/C24H36N2O5Si2/c1-23(2,3)32(7,8)21-17(25(27)28)13-11-15-19(21)31-20-16-12-14-18(26(29)30)22(20)33(9,10)24(4,5)6/h11-16H,1-10H3. The van der Waals surface area contributed by atoms with Gasteiger partial charge in [0.25, 0.3) is 11.4 Å². The highest BCUT2D eigenvalue weighted by molar-refractivity contribution is 6.94. The number of nitrogens with zero attached hydrogens (tertiary/aromatic N) is 2. The number of nitro benzene ring substituents is 2. The van der Waals surface area contributed by atoms with Crippen LogP contribution in [-0.4, -0.2) is 26.0 Å². The SMILES string of the molecule is CC(C)(C)[Si](C)(C)c1c(Oc2cccc([N+](=O)[O-])c2[Si](C)(C)C(C)(C)C)cccc1[N+](=O)[O-]. The number of nitro groups is 2. The molecule has 0 radical (unpaired) electrons. The van der Waals surface area contributed by atoms with E-state index in [2.05, 4.69) is 67.7 Å². The molecule has 0 atom stereocenters. The molecule has 33 heavy (non-hydrogen) atoms. The zero-order valence-corrected chi connectivity index (χ0v) is 23.4. The van der Waals surface area contributed by atoms with Crippen molar-refractivity contribution in [1.29, 1.82) is 0 Å². The van der Waals surface area contributed by atoms with Crippen LogP contribution in [0.5, 0.6) is 11.5 Å². The Morgan fingerprint density at radius 2 is 0.970 bits per heavy atom. The van der Waals surface area contributed by atoms with Gasteiger partial charge in [0, 0.05) is 12.1 Å². The first-order chi connectivity index (χ1) is 14.8. The highest BCUT2D eigenvalue weighted by Crippen LogP contribution is 2.42. The molecule has 0 bridgehead atoms. The summed E-state index contributed by atoms with van der Waals surface area (Å²) in [5.41, 5.74) is 0.0804. The lowest BCUT2D eigenvalue weighted by atomic mass is 10.2. The van der Waals surface area contributed by atoms with Gasteiger partial charge in [-0.1, -0.05) is 79.9 Å². The highest BCUT2D eigenvalue weighted by atomic mass is 28.3. The molecule has 0 unspecified atom stereocenters. The van der Waals surface area contributed by atoms with E-state index in [1.165, 1.54) is 12.1 Å². The van der Waals surface area contributed by atoms with Crippen LogP contribution in [0.3, 0.4) is 0 Å². The van der Waals surface area contributed by atoms with E-state index in [1.807, 2.05) is 0 Å². The lowest BCUT2D eigenvalue weighted by molar-refractivity contribution is -0.383. The van der Waals surface area contributed by atoms with Crippen LogP contribution in [0.15, 0.2) is 36.4 Å². The van der Waals surface area contributed by atoms with Crippen molar-refractivity contribution in [3.63, 3.8) is 0 Å². The van der Waals surface area contributed by atoms with Crippen molar-refractivity contribution in [3.05, 3.63) is 56.6 Å². The van der Waals surface area contributed by atoms with Gasteiger partial charge in [0.2, 0.25) is 0 Å². The van der Waals surface area contributed by atoms with E-state index in [4.69, 9.17) is 4.74 Å². The average Bonchev–Trinajstić information content (AvgIpc) is 2.65. The van der Waals surface area contributed by atoms with E-state index in [0.29, 0.717) is 21.9 Å². The molecule has 2 aromatic carbocycles. The third-order valence-electron chi connectivity index (χ3n) is 7.62. The predicted molar refractivity (Wildman–Crippen MR) is 140 cm³/mol. The van der Waals surface area contributed by atoms with Gasteiger partial charge in [0.1, 0.15) is 11.5 Å². The van der Waals surface area contributed by atoms with E-state index >= 15 is 0 Å². The summed E-state index contributed by atoms with van der Waals surface area (Å²) in [7, 11) is -4.82. The lowest BCUT2D eigenvalue weighted by Crippen LogP contribution is -2.52. The van der Waals surface area contributed by atoms with E-state index in [9.17, 15) is 20.2 Å². The van der Waals surface area contributed by atoms with Crippen molar-refractivity contribution in [1.82, 2.24) is 0 Å². The molecule has 0 fully saturated rings. The minimum absolute atomic E-state index is 0.0402. The molecular weight excluding hydrogens is 452 g/mol. The molecule has 0 saturated carbocycles. The number of hydrogen-bond acceptors (Lipinski definition) is 5. The number of rotatable bonds is 6. The molecule has 0 N–H and O–H groups in total. The van der Waals surface area contributed by atoms with Gasteiger partial charge < -0.3 is 4.74 Å². The maximum absolute atomic E-state index is 12.0. The molecule has 7 nitrogen and oxygen atoms in total. The summed E-state index contributed by atoms with van der Waals surface area (Å²) >= 11 is 0. The Labute approximate surface area is 198 Å². The summed E-state index contributed by atoms with van der Waals surface area (Å²) in [6.07, 6.45) is 0. The Hall–Kier alpha value is -2.53. The summed E-state index contributed by atoms with van der Waals surface area (Å²) in [5.74, 6) is 0.826. The molecule has 0 aromatic heterocycles. The van der Waals surface area contributed by atoms with Crippen molar-refractivity contribution in [2.24, 2.45) is 0 Å². The van der Waals surface area contributed by atoms with Gasteiger partial charge in [0.15, 0.2) is 0 Å². The fourth-order valence-electron chi connectivity index (χ4n) is 3.64. The monoisotopic (exact) mass is 488 g/mol. The van der Waals surface area contributed by atoms with Crippen LogP contribution in [0.25, 0.3) is 0 Å². The fraction of sp³-hybridized carbons (Fsp3) is 0.500. The lowest BCUT2D eigenvalue weighted by Gasteiger charge is -2.39. The molecule has 0 aliphatic heterocycles. The Morgan fingerprint density at radius 1 is 0.667 bits per heavy atom. The van der Waals surface area contributed by atoms with Crippen LogP contribution in [0.2, 0.25) is 36.3 Å². The zero-order valence-electron chi connectivity index (χ0n) is 21.4. The van der Waals surface area contributed by atoms with Gasteiger partial charge in [-0.3, -0.25) is 20.2 Å². The van der Waals surface area contributed by atoms with Crippen LogP contribution >= 0.6 is 0 Å². The van der Waals surface area contributed by atoms with Crippen molar-refractivity contribution in [2.45, 2.75) is 77.8 Å². The van der Waals surface area contributed by atoms with Crippen molar-refractivity contribution in [3.8, 4) is 11.5 Å². The molecule has 0 heterocycles. The summed E-state index contributed by atoms with van der Waals surface area (Å²) in [4.78, 5) is 23.3. The molecule has 0 spiro atoms. The quantitative estimate of drug-likeness (QED) is 0.255. The Bertz CT molecular complexity index is 998. The van der Waals surface area contributed by atoms with Gasteiger partial charge in [-0.25, -0.2) is 0 Å². The molecule has 0 aliphatic rings. The second-order valence-electron chi connectivity index (χ2n) is 11.7. The van der Waals surface area contributed by atoms with Crippen molar-refractivity contribution < 1.29 is 14.6 Å². The average molecular weight is 489 g/mol. The van der Waals surface area contributed by atoms with Crippen LogP contribution in [-0.2, 0) is 0 Å². The van der Waals surface area contributed by atoms with E-state index in [-0.39, 0.29) is 31.3 Å². The Morgan fingerprint density at radius 3 is 1.21 bits per heavy atom. The highest BCUT2D eigenvalue weighted by Gasteiger charge is 2.46. The largest absolute Gasteiger partial charge is 0.457 e. The maximum Gasteiger partial charge on any atom is 0.272 e. The molecule has 9 heteroatoms. The van der Waals surface area contributed by atoms with Gasteiger partial charge in [0.05, 0.1) is 36.4 Å². The third-order valence-corrected chi connectivity index (χ3v) is 18.6. The van der Waals surface area contributed by atoms with Crippen LogP contribution in [0.4, 0.5) is 11.4 Å². The minimum atomic E-state index is -2.41. The summed E-state index contributed by atoms with van der Waals surface area (Å²) in [5, 5.41) is 24.9. The molecule has 0 aliphatic carbocycles. The van der Waals surface area contributed by atoms with E-state index in [0.717, 1.165) is 0 Å². The van der Waals surface area contributed by atoms with Gasteiger partial charge >= 0.3 is 0 Å². The molecular formula is C24H36N2O5Si2. The van der Waals surface area contributed by atoms with Crippen molar-refractivity contribution >= 4 is 37.9 Å². The Balaban J connectivity index is 2.89. The molecule has 0 saturated heterocycles. The first kappa shape index (κ1) is 26.7. The van der Waals surface area contributed by atoms with Crippen molar-refractivity contribution in [2.75, 3.05) is 0 Å². The molecule has 0 amide bonds. The molecule has 2 aromatic rings. The summed E-state index contributed by atoms with van der Waals surface area (Å²) < 4.78 is 6.45. The number of benzene rings is 2. The smallest absolute Gasteiger partial charge is 0.272 e. The first-order valence-electron chi connectivity index (χ1n) is 11.1. The van der Waals surface area contributed by atoms with Gasteiger partial charge in [-0.05, 0) is 22.2 Å². The fourth-order valence-corrected chi connectivity index (χ4v) is 8.27. The maximum atomic E-state index is 12.0. The normalized spacial score (nSPS) is 13.0.